The fraction of sp³-hybridized carbons (Fsp3) is 0.212. The molecular formula is C33H34ClN3O4S. The molecule has 218 valence electrons. The number of benzene rings is 4. The molecule has 1 atom stereocenters. The summed E-state index contributed by atoms with van der Waals surface area (Å²) >= 11 is 6.26. The van der Waals surface area contributed by atoms with Crippen LogP contribution in [0.25, 0.3) is 0 Å². The molecule has 4 aromatic carbocycles. The summed E-state index contributed by atoms with van der Waals surface area (Å²) in [5.74, 6) is -0.890. The van der Waals surface area contributed by atoms with Crippen LogP contribution in [0, 0.1) is 13.8 Å². The van der Waals surface area contributed by atoms with Crippen molar-refractivity contribution in [2.24, 2.45) is 0 Å². The number of likely N-dealkylation sites (N-methyl/N-ethyl adjacent to an activating group) is 1. The van der Waals surface area contributed by atoms with Gasteiger partial charge in [0.15, 0.2) is 0 Å². The van der Waals surface area contributed by atoms with Gasteiger partial charge >= 0.3 is 0 Å². The quantitative estimate of drug-likeness (QED) is 0.244. The molecule has 0 saturated carbocycles. The van der Waals surface area contributed by atoms with Crippen LogP contribution in [0.4, 0.5) is 5.69 Å². The fourth-order valence-electron chi connectivity index (χ4n) is 4.77. The van der Waals surface area contributed by atoms with Crippen molar-refractivity contribution in [3.05, 3.63) is 130 Å². The van der Waals surface area contributed by atoms with E-state index in [1.165, 1.54) is 24.1 Å². The lowest BCUT2D eigenvalue weighted by Crippen LogP contribution is -2.53. The highest BCUT2D eigenvalue weighted by atomic mass is 35.5. The Kier molecular flexibility index (Phi) is 10.0. The molecule has 9 heteroatoms. The van der Waals surface area contributed by atoms with Crippen LogP contribution < -0.4 is 9.62 Å². The summed E-state index contributed by atoms with van der Waals surface area (Å²) in [5.41, 5.74) is 3.51. The first kappa shape index (κ1) is 30.8. The predicted molar refractivity (Wildman–Crippen MR) is 167 cm³/mol. The number of halogens is 1. The second kappa shape index (κ2) is 13.7. The van der Waals surface area contributed by atoms with Crippen molar-refractivity contribution in [1.82, 2.24) is 10.2 Å². The van der Waals surface area contributed by atoms with Crippen molar-refractivity contribution < 1.29 is 18.0 Å². The van der Waals surface area contributed by atoms with Crippen LogP contribution in [0.15, 0.2) is 108 Å². The molecule has 0 heterocycles. The van der Waals surface area contributed by atoms with Gasteiger partial charge in [-0.15, -0.1) is 0 Å². The fourth-order valence-corrected chi connectivity index (χ4v) is 6.48. The number of hydrogen-bond acceptors (Lipinski definition) is 4. The van der Waals surface area contributed by atoms with Crippen molar-refractivity contribution in [1.29, 1.82) is 0 Å². The lowest BCUT2D eigenvalue weighted by molar-refractivity contribution is -0.139. The normalized spacial score (nSPS) is 11.9. The van der Waals surface area contributed by atoms with E-state index in [1.54, 1.807) is 49.4 Å². The molecule has 7 nitrogen and oxygen atoms in total. The van der Waals surface area contributed by atoms with Gasteiger partial charge in [0.05, 0.1) is 10.6 Å². The van der Waals surface area contributed by atoms with E-state index >= 15 is 0 Å². The van der Waals surface area contributed by atoms with Gasteiger partial charge < -0.3 is 10.2 Å². The van der Waals surface area contributed by atoms with E-state index in [0.717, 1.165) is 15.4 Å². The van der Waals surface area contributed by atoms with Gasteiger partial charge in [-0.2, -0.15) is 0 Å². The van der Waals surface area contributed by atoms with E-state index in [4.69, 9.17) is 11.6 Å². The predicted octanol–water partition coefficient (Wildman–Crippen LogP) is 5.54. The molecule has 2 amide bonds. The first-order chi connectivity index (χ1) is 20.1. The molecule has 0 aliphatic heterocycles. The lowest BCUT2D eigenvalue weighted by Gasteiger charge is -2.34. The van der Waals surface area contributed by atoms with Gasteiger partial charge in [0, 0.05) is 25.0 Å². The first-order valence-corrected chi connectivity index (χ1v) is 15.4. The van der Waals surface area contributed by atoms with E-state index in [2.05, 4.69) is 5.32 Å². The second-order valence-electron chi connectivity index (χ2n) is 10.1. The maximum absolute atomic E-state index is 14.3. The Bertz CT molecular complexity index is 1650. The van der Waals surface area contributed by atoms with Crippen LogP contribution >= 0.6 is 11.6 Å². The maximum Gasteiger partial charge on any atom is 0.264 e. The number of sulfonamides is 1. The van der Waals surface area contributed by atoms with Gasteiger partial charge in [-0.05, 0) is 66.4 Å². The zero-order chi connectivity index (χ0) is 30.3. The second-order valence-corrected chi connectivity index (χ2v) is 12.4. The third-order valence-electron chi connectivity index (χ3n) is 7.00. The Morgan fingerprint density at radius 1 is 0.833 bits per heavy atom. The number of hydrogen-bond donors (Lipinski definition) is 1. The molecule has 0 spiro atoms. The third-order valence-corrected chi connectivity index (χ3v) is 9.01. The van der Waals surface area contributed by atoms with Crippen LogP contribution in [-0.4, -0.2) is 44.8 Å². The Balaban J connectivity index is 1.81. The Hall–Kier alpha value is -4.14. The zero-order valence-corrected chi connectivity index (χ0v) is 25.4. The smallest absolute Gasteiger partial charge is 0.264 e. The minimum absolute atomic E-state index is 0.0519. The molecule has 0 aliphatic carbocycles. The Morgan fingerprint density at radius 2 is 1.48 bits per heavy atom. The van der Waals surface area contributed by atoms with Crippen LogP contribution in [-0.2, 0) is 32.6 Å². The van der Waals surface area contributed by atoms with Gasteiger partial charge in [-0.1, -0.05) is 84.4 Å². The molecule has 0 bridgehead atoms. The van der Waals surface area contributed by atoms with Crippen molar-refractivity contribution in [2.75, 3.05) is 17.9 Å². The molecule has 0 saturated heterocycles. The largest absolute Gasteiger partial charge is 0.357 e. The van der Waals surface area contributed by atoms with Gasteiger partial charge in [-0.3, -0.25) is 13.9 Å². The Labute approximate surface area is 252 Å². The van der Waals surface area contributed by atoms with Crippen LogP contribution in [0.2, 0.25) is 5.02 Å². The minimum Gasteiger partial charge on any atom is -0.357 e. The van der Waals surface area contributed by atoms with E-state index in [0.29, 0.717) is 21.8 Å². The number of amides is 2. The number of aryl methyl sites for hydroxylation is 2. The van der Waals surface area contributed by atoms with Crippen LogP contribution in [0.1, 0.15) is 22.3 Å². The third kappa shape index (κ3) is 7.38. The molecule has 0 unspecified atom stereocenters. The number of anilines is 1. The van der Waals surface area contributed by atoms with Gasteiger partial charge in [0.25, 0.3) is 10.0 Å². The molecule has 0 aromatic heterocycles. The highest BCUT2D eigenvalue weighted by Gasteiger charge is 2.34. The average Bonchev–Trinajstić information content (AvgIpc) is 2.99. The number of rotatable bonds is 11. The van der Waals surface area contributed by atoms with Gasteiger partial charge in [0.2, 0.25) is 11.8 Å². The SMILES string of the molecule is CNC(=O)[C@H](Cc1ccccc1)N(Cc1cccc(Cl)c1)C(=O)CN(c1cc(C)ccc1C)S(=O)(=O)c1ccccc1. The highest BCUT2D eigenvalue weighted by Crippen LogP contribution is 2.29. The summed E-state index contributed by atoms with van der Waals surface area (Å²) in [7, 11) is -2.63. The summed E-state index contributed by atoms with van der Waals surface area (Å²) in [5, 5.41) is 3.17. The molecule has 0 aliphatic rings. The van der Waals surface area contributed by atoms with Crippen molar-refractivity contribution in [3.63, 3.8) is 0 Å². The molecule has 4 aromatic rings. The number of nitrogens with zero attached hydrogens (tertiary/aromatic N) is 2. The van der Waals surface area contributed by atoms with E-state index in [9.17, 15) is 18.0 Å². The summed E-state index contributed by atoms with van der Waals surface area (Å²) in [6.07, 6.45) is 0.238. The topological polar surface area (TPSA) is 86.8 Å². The van der Waals surface area contributed by atoms with E-state index in [1.807, 2.05) is 55.5 Å². The number of carbonyl (C=O) groups is 2. The minimum atomic E-state index is -4.15. The molecule has 1 N–H and O–H groups in total. The molecule has 42 heavy (non-hydrogen) atoms. The first-order valence-electron chi connectivity index (χ1n) is 13.5. The molecule has 0 fully saturated rings. The molecular weight excluding hydrogens is 570 g/mol. The summed E-state index contributed by atoms with van der Waals surface area (Å²) in [6, 6.07) is 29.0. The van der Waals surface area contributed by atoms with Crippen LogP contribution in [0.5, 0.6) is 0 Å². The molecule has 0 radical (unpaired) electrons. The number of nitrogens with one attached hydrogen (secondary N) is 1. The van der Waals surface area contributed by atoms with Crippen molar-refractivity contribution >= 4 is 39.1 Å². The monoisotopic (exact) mass is 603 g/mol. The molecule has 4 rings (SSSR count). The Morgan fingerprint density at radius 3 is 2.12 bits per heavy atom. The van der Waals surface area contributed by atoms with Crippen molar-refractivity contribution in [2.45, 2.75) is 37.8 Å². The van der Waals surface area contributed by atoms with Gasteiger partial charge in [-0.25, -0.2) is 8.42 Å². The average molecular weight is 604 g/mol. The van der Waals surface area contributed by atoms with E-state index < -0.39 is 28.5 Å². The maximum atomic E-state index is 14.3. The zero-order valence-electron chi connectivity index (χ0n) is 23.8. The van der Waals surface area contributed by atoms with Crippen molar-refractivity contribution in [3.8, 4) is 0 Å². The van der Waals surface area contributed by atoms with Crippen LogP contribution in [0.3, 0.4) is 0 Å². The van der Waals surface area contributed by atoms with Gasteiger partial charge in [0.1, 0.15) is 12.6 Å². The summed E-state index contributed by atoms with van der Waals surface area (Å²) < 4.78 is 29.3. The van der Waals surface area contributed by atoms with E-state index in [-0.39, 0.29) is 23.8 Å². The number of carbonyl (C=O) groups excluding carboxylic acids is 2. The standard InChI is InChI=1S/C33H34ClN3O4S/c1-24-17-18-25(2)30(19-24)37(42(40,41)29-15-8-5-9-16-29)23-32(38)36(22-27-13-10-14-28(34)20-27)31(33(39)35-3)21-26-11-6-4-7-12-26/h4-20,31H,21-23H2,1-3H3,(H,35,39)/t31-/m0/s1. The highest BCUT2D eigenvalue weighted by molar-refractivity contribution is 7.92. The summed E-state index contributed by atoms with van der Waals surface area (Å²) in [4.78, 5) is 29.2. The lowest BCUT2D eigenvalue weighted by atomic mass is 10.0. The summed E-state index contributed by atoms with van der Waals surface area (Å²) in [6.45, 7) is 3.21.